The molecule has 0 aliphatic carbocycles. The van der Waals surface area contributed by atoms with Gasteiger partial charge in [0.15, 0.2) is 0 Å². The van der Waals surface area contributed by atoms with Crippen molar-refractivity contribution in [3.8, 4) is 6.07 Å². The molecule has 1 heterocycles. The number of nitrogens with zero attached hydrogens (tertiary/aromatic N) is 1. The number of benzene rings is 2. The fourth-order valence-corrected chi connectivity index (χ4v) is 3.64. The van der Waals surface area contributed by atoms with Gasteiger partial charge in [0.1, 0.15) is 0 Å². The van der Waals surface area contributed by atoms with Crippen molar-refractivity contribution in [3.05, 3.63) is 58.6 Å². The van der Waals surface area contributed by atoms with E-state index in [1.54, 1.807) is 0 Å². The van der Waals surface area contributed by atoms with E-state index in [2.05, 4.69) is 17.5 Å². The van der Waals surface area contributed by atoms with Crippen LogP contribution in [0.1, 0.15) is 23.6 Å². The van der Waals surface area contributed by atoms with Gasteiger partial charge in [-0.25, -0.2) is 0 Å². The highest BCUT2D eigenvalue weighted by Crippen LogP contribution is 2.39. The highest BCUT2D eigenvalue weighted by Gasteiger charge is 2.20. The Hall–Kier alpha value is -1.63. The van der Waals surface area contributed by atoms with Crippen LogP contribution in [0, 0.1) is 11.3 Å². The summed E-state index contributed by atoms with van der Waals surface area (Å²) in [6.07, 6.45) is 1.07. The molecule has 1 aliphatic rings. The van der Waals surface area contributed by atoms with E-state index in [9.17, 15) is 0 Å². The van der Waals surface area contributed by atoms with Crippen LogP contribution in [0.2, 0.25) is 5.02 Å². The van der Waals surface area contributed by atoms with E-state index in [1.807, 2.05) is 48.2 Å². The summed E-state index contributed by atoms with van der Waals surface area (Å²) < 4.78 is 0. The molecular formula is C16H13ClN2S. The lowest BCUT2D eigenvalue weighted by molar-refractivity contribution is 0.729. The molecule has 20 heavy (non-hydrogen) atoms. The molecule has 2 aromatic carbocycles. The normalized spacial score (nSPS) is 17.1. The smallest absolute Gasteiger partial charge is 0.0991 e. The Morgan fingerprint density at radius 2 is 2.00 bits per heavy atom. The Labute approximate surface area is 127 Å². The number of hydrogen-bond donors (Lipinski definition) is 1. The Balaban J connectivity index is 1.85. The van der Waals surface area contributed by atoms with Gasteiger partial charge >= 0.3 is 0 Å². The summed E-state index contributed by atoms with van der Waals surface area (Å²) >= 11 is 7.99. The van der Waals surface area contributed by atoms with Crippen molar-refractivity contribution >= 4 is 29.1 Å². The molecule has 0 spiro atoms. The molecule has 0 radical (unpaired) electrons. The van der Waals surface area contributed by atoms with Crippen molar-refractivity contribution in [3.63, 3.8) is 0 Å². The third-order valence-electron chi connectivity index (χ3n) is 3.37. The quantitative estimate of drug-likeness (QED) is 0.860. The number of anilines is 1. The summed E-state index contributed by atoms with van der Waals surface area (Å²) in [6, 6.07) is 16.1. The van der Waals surface area contributed by atoms with Gasteiger partial charge in [-0.1, -0.05) is 11.6 Å². The molecule has 1 unspecified atom stereocenters. The number of halogens is 1. The summed E-state index contributed by atoms with van der Waals surface area (Å²) in [5, 5.41) is 13.1. The SMILES string of the molecule is N#Cc1ccc(NC2CCSc3ccc(Cl)cc32)cc1. The Kier molecular flexibility index (Phi) is 3.86. The third-order valence-corrected chi connectivity index (χ3v) is 4.72. The summed E-state index contributed by atoms with van der Waals surface area (Å²) in [7, 11) is 0. The number of fused-ring (bicyclic) bond motifs is 1. The molecule has 100 valence electrons. The minimum absolute atomic E-state index is 0.276. The Morgan fingerprint density at radius 3 is 2.75 bits per heavy atom. The van der Waals surface area contributed by atoms with Crippen LogP contribution in [0.4, 0.5) is 5.69 Å². The molecule has 0 saturated carbocycles. The van der Waals surface area contributed by atoms with Crippen molar-refractivity contribution in [1.82, 2.24) is 0 Å². The van der Waals surface area contributed by atoms with E-state index < -0.39 is 0 Å². The minimum atomic E-state index is 0.276. The number of nitriles is 1. The van der Waals surface area contributed by atoms with E-state index in [0.717, 1.165) is 22.9 Å². The first kappa shape index (κ1) is 13.4. The van der Waals surface area contributed by atoms with Gasteiger partial charge in [-0.3, -0.25) is 0 Å². The molecule has 1 atom stereocenters. The van der Waals surface area contributed by atoms with Crippen LogP contribution in [-0.2, 0) is 0 Å². The zero-order valence-electron chi connectivity index (χ0n) is 10.8. The molecular weight excluding hydrogens is 288 g/mol. The Morgan fingerprint density at radius 1 is 1.20 bits per heavy atom. The van der Waals surface area contributed by atoms with Crippen molar-refractivity contribution in [2.75, 3.05) is 11.1 Å². The maximum absolute atomic E-state index is 8.82. The molecule has 0 bridgehead atoms. The third kappa shape index (κ3) is 2.77. The maximum Gasteiger partial charge on any atom is 0.0991 e. The number of nitrogens with one attached hydrogen (secondary N) is 1. The first-order valence-corrected chi connectivity index (χ1v) is 7.81. The van der Waals surface area contributed by atoms with Gasteiger partial charge in [0.2, 0.25) is 0 Å². The molecule has 0 saturated heterocycles. The number of thioether (sulfide) groups is 1. The molecule has 2 nitrogen and oxygen atoms in total. The van der Waals surface area contributed by atoms with Crippen LogP contribution in [0.5, 0.6) is 0 Å². The predicted octanol–water partition coefficient (Wildman–Crippen LogP) is 4.86. The maximum atomic E-state index is 8.82. The van der Waals surface area contributed by atoms with E-state index in [1.165, 1.54) is 10.5 Å². The molecule has 1 aliphatic heterocycles. The van der Waals surface area contributed by atoms with Crippen molar-refractivity contribution < 1.29 is 0 Å². The second kappa shape index (κ2) is 5.78. The van der Waals surface area contributed by atoms with E-state index in [-0.39, 0.29) is 6.04 Å². The van der Waals surface area contributed by atoms with Gasteiger partial charge in [-0.05, 0) is 54.4 Å². The molecule has 4 heteroatoms. The summed E-state index contributed by atoms with van der Waals surface area (Å²) in [6.45, 7) is 0. The topological polar surface area (TPSA) is 35.8 Å². The molecule has 1 N–H and O–H groups in total. The van der Waals surface area contributed by atoms with E-state index in [4.69, 9.17) is 16.9 Å². The number of rotatable bonds is 2. The minimum Gasteiger partial charge on any atom is -0.378 e. The summed E-state index contributed by atoms with van der Waals surface area (Å²) in [5.41, 5.74) is 2.98. The van der Waals surface area contributed by atoms with Crippen LogP contribution in [0.3, 0.4) is 0 Å². The fourth-order valence-electron chi connectivity index (χ4n) is 2.36. The monoisotopic (exact) mass is 300 g/mol. The first-order chi connectivity index (χ1) is 9.76. The second-order valence-corrected chi connectivity index (χ2v) is 6.28. The van der Waals surface area contributed by atoms with E-state index in [0.29, 0.717) is 5.56 Å². The van der Waals surface area contributed by atoms with Gasteiger partial charge in [0.25, 0.3) is 0 Å². The van der Waals surface area contributed by atoms with Gasteiger partial charge in [-0.15, -0.1) is 11.8 Å². The Bertz CT molecular complexity index is 661. The van der Waals surface area contributed by atoms with Crippen molar-refractivity contribution in [1.29, 1.82) is 5.26 Å². The van der Waals surface area contributed by atoms with Gasteiger partial charge < -0.3 is 5.32 Å². The zero-order chi connectivity index (χ0) is 13.9. The van der Waals surface area contributed by atoms with Crippen LogP contribution in [0.25, 0.3) is 0 Å². The molecule has 3 rings (SSSR count). The highest BCUT2D eigenvalue weighted by molar-refractivity contribution is 7.99. The summed E-state index contributed by atoms with van der Waals surface area (Å²) in [4.78, 5) is 1.30. The first-order valence-electron chi connectivity index (χ1n) is 6.45. The standard InChI is InChI=1S/C16H13ClN2S/c17-12-3-6-16-14(9-12)15(7-8-20-16)19-13-4-1-11(10-18)2-5-13/h1-6,9,15,19H,7-8H2. The largest absolute Gasteiger partial charge is 0.378 e. The molecule has 0 aromatic heterocycles. The van der Waals surface area contributed by atoms with Gasteiger partial charge in [0.05, 0.1) is 17.7 Å². The van der Waals surface area contributed by atoms with Crippen LogP contribution in [-0.4, -0.2) is 5.75 Å². The van der Waals surface area contributed by atoms with Crippen LogP contribution < -0.4 is 5.32 Å². The molecule has 0 amide bonds. The van der Waals surface area contributed by atoms with E-state index >= 15 is 0 Å². The average molecular weight is 301 g/mol. The fraction of sp³-hybridized carbons (Fsp3) is 0.188. The number of hydrogen-bond acceptors (Lipinski definition) is 3. The zero-order valence-corrected chi connectivity index (χ0v) is 12.3. The highest BCUT2D eigenvalue weighted by atomic mass is 35.5. The second-order valence-electron chi connectivity index (χ2n) is 4.71. The molecule has 2 aromatic rings. The average Bonchev–Trinajstić information content (AvgIpc) is 2.49. The van der Waals surface area contributed by atoms with Gasteiger partial charge in [0, 0.05) is 21.4 Å². The van der Waals surface area contributed by atoms with Crippen molar-refractivity contribution in [2.45, 2.75) is 17.4 Å². The van der Waals surface area contributed by atoms with Crippen LogP contribution in [0.15, 0.2) is 47.4 Å². The van der Waals surface area contributed by atoms with Crippen LogP contribution >= 0.6 is 23.4 Å². The lowest BCUT2D eigenvalue weighted by Crippen LogP contribution is -2.16. The lowest BCUT2D eigenvalue weighted by atomic mass is 10.0. The molecule has 0 fully saturated rings. The van der Waals surface area contributed by atoms with Gasteiger partial charge in [-0.2, -0.15) is 5.26 Å². The van der Waals surface area contributed by atoms with Crippen molar-refractivity contribution in [2.24, 2.45) is 0 Å². The predicted molar refractivity (Wildman–Crippen MR) is 84.3 cm³/mol. The summed E-state index contributed by atoms with van der Waals surface area (Å²) in [5.74, 6) is 1.10. The lowest BCUT2D eigenvalue weighted by Gasteiger charge is -2.27.